The third-order valence-electron chi connectivity index (χ3n) is 2.20. The molecule has 1 aromatic heterocycles. The van der Waals surface area contributed by atoms with Crippen LogP contribution in [0.25, 0.3) is 0 Å². The highest BCUT2D eigenvalue weighted by Gasteiger charge is 2.11. The van der Waals surface area contributed by atoms with E-state index in [9.17, 15) is 4.79 Å². The molecule has 78 valence electrons. The first-order chi connectivity index (χ1) is 6.63. The number of hydrogen-bond acceptors (Lipinski definition) is 2. The molecule has 14 heavy (non-hydrogen) atoms. The highest BCUT2D eigenvalue weighted by molar-refractivity contribution is 14.1. The van der Waals surface area contributed by atoms with Crippen LogP contribution in [0.5, 0.6) is 0 Å². The fourth-order valence-electron chi connectivity index (χ4n) is 1.49. The Morgan fingerprint density at radius 3 is 2.86 bits per heavy atom. The molecule has 1 aromatic rings. The lowest BCUT2D eigenvalue weighted by Crippen LogP contribution is -2.04. The van der Waals surface area contributed by atoms with E-state index >= 15 is 0 Å². The smallest absolute Gasteiger partial charge is 0.164 e. The molecule has 1 nitrogen and oxygen atoms in total. The average molecular weight is 322 g/mol. The Balaban J connectivity index is 2.50. The SMILES string of the molecule is CCCC(C)CC(=O)c1csc(I)c1. The van der Waals surface area contributed by atoms with Crippen LogP contribution in [0.4, 0.5) is 0 Å². The Morgan fingerprint density at radius 2 is 2.36 bits per heavy atom. The predicted molar refractivity (Wildman–Crippen MR) is 70.1 cm³/mol. The third-order valence-corrected chi connectivity index (χ3v) is 3.99. The number of carbonyl (C=O) groups is 1. The van der Waals surface area contributed by atoms with Crippen molar-refractivity contribution in [3.8, 4) is 0 Å². The van der Waals surface area contributed by atoms with Gasteiger partial charge in [0, 0.05) is 17.4 Å². The van der Waals surface area contributed by atoms with Gasteiger partial charge in [-0.1, -0.05) is 26.7 Å². The Labute approximate surface area is 103 Å². The van der Waals surface area contributed by atoms with Gasteiger partial charge in [-0.2, -0.15) is 0 Å². The van der Waals surface area contributed by atoms with Crippen molar-refractivity contribution >= 4 is 39.7 Å². The number of hydrogen-bond donors (Lipinski definition) is 0. The van der Waals surface area contributed by atoms with Crippen LogP contribution in [0.1, 0.15) is 43.5 Å². The first-order valence-electron chi connectivity index (χ1n) is 4.90. The molecule has 0 aliphatic heterocycles. The van der Waals surface area contributed by atoms with Crippen molar-refractivity contribution in [3.63, 3.8) is 0 Å². The van der Waals surface area contributed by atoms with E-state index < -0.39 is 0 Å². The lowest BCUT2D eigenvalue weighted by Gasteiger charge is -2.07. The van der Waals surface area contributed by atoms with Crippen molar-refractivity contribution in [2.45, 2.75) is 33.1 Å². The second-order valence-electron chi connectivity index (χ2n) is 3.66. The van der Waals surface area contributed by atoms with E-state index in [1.807, 2.05) is 11.4 Å². The molecule has 0 spiro atoms. The molecule has 0 fully saturated rings. The number of Topliss-reactive ketones (excluding diaryl/α,β-unsaturated/α-hetero) is 1. The molecule has 1 atom stereocenters. The fraction of sp³-hybridized carbons (Fsp3) is 0.545. The van der Waals surface area contributed by atoms with Crippen molar-refractivity contribution in [2.24, 2.45) is 5.92 Å². The molecular formula is C11H15IOS. The number of ketones is 1. The molecule has 0 bridgehead atoms. The average Bonchev–Trinajstić information content (AvgIpc) is 2.52. The van der Waals surface area contributed by atoms with E-state index in [2.05, 4.69) is 36.4 Å². The number of carbonyl (C=O) groups excluding carboxylic acids is 1. The van der Waals surface area contributed by atoms with Crippen LogP contribution in [0.2, 0.25) is 0 Å². The largest absolute Gasteiger partial charge is 0.294 e. The molecule has 0 aliphatic carbocycles. The van der Waals surface area contributed by atoms with Gasteiger partial charge in [-0.3, -0.25) is 4.79 Å². The van der Waals surface area contributed by atoms with Gasteiger partial charge in [-0.05, 0) is 34.6 Å². The zero-order chi connectivity index (χ0) is 10.6. The standard InChI is InChI=1S/C11H15IOS/c1-3-4-8(2)5-10(13)9-6-11(12)14-7-9/h6-8H,3-5H2,1-2H3. The zero-order valence-electron chi connectivity index (χ0n) is 8.55. The summed E-state index contributed by atoms with van der Waals surface area (Å²) in [5.74, 6) is 0.815. The highest BCUT2D eigenvalue weighted by atomic mass is 127. The summed E-state index contributed by atoms with van der Waals surface area (Å²) in [6.45, 7) is 4.31. The molecule has 0 aliphatic rings. The molecule has 0 N–H and O–H groups in total. The van der Waals surface area contributed by atoms with Crippen molar-refractivity contribution in [1.29, 1.82) is 0 Å². The maximum atomic E-state index is 11.7. The minimum atomic E-state index is 0.296. The summed E-state index contributed by atoms with van der Waals surface area (Å²) in [4.78, 5) is 11.7. The lowest BCUT2D eigenvalue weighted by atomic mass is 9.97. The van der Waals surface area contributed by atoms with Gasteiger partial charge in [-0.15, -0.1) is 11.3 Å². The number of halogens is 1. The van der Waals surface area contributed by atoms with E-state index in [4.69, 9.17) is 0 Å². The van der Waals surface area contributed by atoms with E-state index in [-0.39, 0.29) is 0 Å². The summed E-state index contributed by atoms with van der Waals surface area (Å²) in [7, 11) is 0. The van der Waals surface area contributed by atoms with Gasteiger partial charge in [0.15, 0.2) is 5.78 Å². The van der Waals surface area contributed by atoms with Gasteiger partial charge >= 0.3 is 0 Å². The quantitative estimate of drug-likeness (QED) is 0.581. The Bertz CT molecular complexity index is 306. The summed E-state index contributed by atoms with van der Waals surface area (Å²) in [5.41, 5.74) is 0.891. The van der Waals surface area contributed by atoms with Gasteiger partial charge < -0.3 is 0 Å². The second-order valence-corrected chi connectivity index (χ2v) is 6.47. The third kappa shape index (κ3) is 3.69. The predicted octanol–water partition coefficient (Wildman–Crippen LogP) is 4.36. The van der Waals surface area contributed by atoms with Crippen LogP contribution in [0.15, 0.2) is 11.4 Å². The second kappa shape index (κ2) is 5.85. The number of thiophene rings is 1. The molecule has 1 rings (SSSR count). The number of rotatable bonds is 5. The first kappa shape index (κ1) is 12.2. The van der Waals surface area contributed by atoms with Crippen LogP contribution < -0.4 is 0 Å². The fourth-order valence-corrected chi connectivity index (χ4v) is 2.84. The normalized spacial score (nSPS) is 12.8. The molecule has 3 heteroatoms. The lowest BCUT2D eigenvalue weighted by molar-refractivity contribution is 0.0963. The van der Waals surface area contributed by atoms with Crippen molar-refractivity contribution in [3.05, 3.63) is 19.9 Å². The van der Waals surface area contributed by atoms with Gasteiger partial charge in [0.25, 0.3) is 0 Å². The molecule has 0 saturated carbocycles. The molecule has 0 amide bonds. The van der Waals surface area contributed by atoms with E-state index in [0.29, 0.717) is 18.1 Å². The molecule has 1 unspecified atom stereocenters. The van der Waals surface area contributed by atoms with Crippen molar-refractivity contribution in [2.75, 3.05) is 0 Å². The molecule has 0 aromatic carbocycles. The van der Waals surface area contributed by atoms with Crippen molar-refractivity contribution in [1.82, 2.24) is 0 Å². The molecule has 1 heterocycles. The highest BCUT2D eigenvalue weighted by Crippen LogP contribution is 2.20. The minimum Gasteiger partial charge on any atom is -0.294 e. The Hall–Kier alpha value is 0.1000. The summed E-state index contributed by atoms with van der Waals surface area (Å²) >= 11 is 3.89. The van der Waals surface area contributed by atoms with Gasteiger partial charge in [0.05, 0.1) is 2.88 Å². The van der Waals surface area contributed by atoms with Gasteiger partial charge in [-0.25, -0.2) is 0 Å². The van der Waals surface area contributed by atoms with Crippen LogP contribution >= 0.6 is 33.9 Å². The van der Waals surface area contributed by atoms with E-state index in [0.717, 1.165) is 18.4 Å². The van der Waals surface area contributed by atoms with Gasteiger partial charge in [0.1, 0.15) is 0 Å². The summed E-state index contributed by atoms with van der Waals surface area (Å²) < 4.78 is 1.19. The van der Waals surface area contributed by atoms with Gasteiger partial charge in [0.2, 0.25) is 0 Å². The van der Waals surface area contributed by atoms with Crippen LogP contribution in [-0.2, 0) is 0 Å². The summed E-state index contributed by atoms with van der Waals surface area (Å²) in [6.07, 6.45) is 3.00. The summed E-state index contributed by atoms with van der Waals surface area (Å²) in [5, 5.41) is 1.96. The Morgan fingerprint density at radius 1 is 1.64 bits per heavy atom. The minimum absolute atomic E-state index is 0.296. The van der Waals surface area contributed by atoms with E-state index in [1.165, 1.54) is 2.88 Å². The monoisotopic (exact) mass is 322 g/mol. The van der Waals surface area contributed by atoms with Crippen LogP contribution in [-0.4, -0.2) is 5.78 Å². The van der Waals surface area contributed by atoms with Crippen molar-refractivity contribution < 1.29 is 4.79 Å². The molecule has 0 radical (unpaired) electrons. The maximum absolute atomic E-state index is 11.7. The van der Waals surface area contributed by atoms with Crippen LogP contribution in [0, 0.1) is 8.80 Å². The van der Waals surface area contributed by atoms with Crippen LogP contribution in [0.3, 0.4) is 0 Å². The molecule has 0 saturated heterocycles. The maximum Gasteiger partial charge on any atom is 0.164 e. The van der Waals surface area contributed by atoms with E-state index in [1.54, 1.807) is 11.3 Å². The summed E-state index contributed by atoms with van der Waals surface area (Å²) in [6, 6.07) is 1.98. The first-order valence-corrected chi connectivity index (χ1v) is 6.86. The molecular weight excluding hydrogens is 307 g/mol. The zero-order valence-corrected chi connectivity index (χ0v) is 11.5. The Kier molecular flexibility index (Phi) is 5.09. The topological polar surface area (TPSA) is 17.1 Å².